The summed E-state index contributed by atoms with van der Waals surface area (Å²) in [5.41, 5.74) is 1.52. The fourth-order valence-corrected chi connectivity index (χ4v) is 2.03. The number of nitrogens with zero attached hydrogens (tertiary/aromatic N) is 2. The van der Waals surface area contributed by atoms with Crippen LogP contribution in [0.4, 0.5) is 5.82 Å². The monoisotopic (exact) mass is 207 g/mol. The van der Waals surface area contributed by atoms with Crippen molar-refractivity contribution in [2.24, 2.45) is 5.41 Å². The second kappa shape index (κ2) is 3.54. The van der Waals surface area contributed by atoms with Gasteiger partial charge in [0.15, 0.2) is 0 Å². The lowest BCUT2D eigenvalue weighted by molar-refractivity contribution is 0.401. The van der Waals surface area contributed by atoms with Crippen molar-refractivity contribution in [3.63, 3.8) is 0 Å². The zero-order valence-corrected chi connectivity index (χ0v) is 10.2. The molecule has 1 aliphatic heterocycles. The zero-order chi connectivity index (χ0) is 11.1. The molecule has 1 aromatic heterocycles. The Kier molecular flexibility index (Phi) is 2.49. The molecule has 0 radical (unpaired) electrons. The van der Waals surface area contributed by atoms with Crippen LogP contribution in [0, 0.1) is 5.41 Å². The van der Waals surface area contributed by atoms with Crippen molar-refractivity contribution >= 4 is 5.82 Å². The molecule has 0 fully saturated rings. The van der Waals surface area contributed by atoms with Crippen LogP contribution < -0.4 is 5.32 Å². The van der Waals surface area contributed by atoms with Gasteiger partial charge in [0, 0.05) is 18.7 Å². The Morgan fingerprint density at radius 2 is 2.27 bits per heavy atom. The largest absolute Gasteiger partial charge is 0.368 e. The van der Waals surface area contributed by atoms with E-state index in [4.69, 9.17) is 0 Å². The lowest BCUT2D eigenvalue weighted by Gasteiger charge is -2.21. The van der Waals surface area contributed by atoms with Gasteiger partial charge in [-0.3, -0.25) is 0 Å². The Balaban J connectivity index is 2.16. The van der Waals surface area contributed by atoms with Crippen molar-refractivity contribution in [2.45, 2.75) is 53.1 Å². The maximum atomic E-state index is 4.62. The highest BCUT2D eigenvalue weighted by Gasteiger charge is 2.19. The molecule has 0 spiro atoms. The van der Waals surface area contributed by atoms with Crippen LogP contribution in [0.5, 0.6) is 0 Å². The first kappa shape index (κ1) is 10.5. The molecule has 1 atom stereocenters. The van der Waals surface area contributed by atoms with Gasteiger partial charge < -0.3 is 5.32 Å². The Labute approximate surface area is 91.9 Å². The van der Waals surface area contributed by atoms with E-state index in [1.54, 1.807) is 0 Å². The summed E-state index contributed by atoms with van der Waals surface area (Å²) in [5.74, 6) is 1.19. The highest BCUT2D eigenvalue weighted by atomic mass is 15.3. The maximum absolute atomic E-state index is 4.62. The molecule has 1 N–H and O–H groups in total. The first-order chi connectivity index (χ1) is 6.94. The zero-order valence-electron chi connectivity index (χ0n) is 10.2. The summed E-state index contributed by atoms with van der Waals surface area (Å²) in [6.45, 7) is 10.0. The number of hydrogen-bond acceptors (Lipinski definition) is 2. The summed E-state index contributed by atoms with van der Waals surface area (Å²) in [6, 6.07) is 2.78. The van der Waals surface area contributed by atoms with Crippen LogP contribution in [0.1, 0.15) is 39.8 Å². The van der Waals surface area contributed by atoms with Gasteiger partial charge in [-0.15, -0.1) is 0 Å². The molecule has 3 heteroatoms. The van der Waals surface area contributed by atoms with Crippen LogP contribution >= 0.6 is 0 Å². The lowest BCUT2D eigenvalue weighted by atomic mass is 9.91. The Morgan fingerprint density at radius 1 is 1.53 bits per heavy atom. The fraction of sp³-hybridized carbons (Fsp3) is 0.750. The Morgan fingerprint density at radius 3 is 2.93 bits per heavy atom. The minimum absolute atomic E-state index is 0.316. The minimum atomic E-state index is 0.316. The van der Waals surface area contributed by atoms with E-state index < -0.39 is 0 Å². The van der Waals surface area contributed by atoms with Gasteiger partial charge in [0.2, 0.25) is 0 Å². The van der Waals surface area contributed by atoms with E-state index in [1.165, 1.54) is 17.9 Å². The molecule has 0 saturated carbocycles. The minimum Gasteiger partial charge on any atom is -0.368 e. The van der Waals surface area contributed by atoms with E-state index in [1.807, 2.05) is 0 Å². The Bertz CT molecular complexity index is 346. The first-order valence-electron chi connectivity index (χ1n) is 5.77. The highest BCUT2D eigenvalue weighted by molar-refractivity contribution is 5.39. The maximum Gasteiger partial charge on any atom is 0.124 e. The third-order valence-electron chi connectivity index (χ3n) is 2.71. The standard InChI is InChI=1S/C12H21N3/c1-9-5-6-15-11(13-9)7-10(14-15)8-12(2,3)4/h7,9,13H,5-6,8H2,1-4H3. The lowest BCUT2D eigenvalue weighted by Crippen LogP contribution is -2.25. The van der Waals surface area contributed by atoms with Crippen LogP contribution in [0.15, 0.2) is 6.07 Å². The molecule has 2 heterocycles. The SMILES string of the molecule is CC1CCn2nc(CC(C)(C)C)cc2N1. The highest BCUT2D eigenvalue weighted by Crippen LogP contribution is 2.24. The molecular weight excluding hydrogens is 186 g/mol. The molecule has 1 aliphatic rings. The number of rotatable bonds is 1. The van der Waals surface area contributed by atoms with Crippen LogP contribution in [0.25, 0.3) is 0 Å². The van der Waals surface area contributed by atoms with Gasteiger partial charge in [0.25, 0.3) is 0 Å². The van der Waals surface area contributed by atoms with Crippen molar-refractivity contribution in [2.75, 3.05) is 5.32 Å². The number of anilines is 1. The third kappa shape index (κ3) is 2.52. The summed E-state index contributed by atoms with van der Waals surface area (Å²) in [7, 11) is 0. The van der Waals surface area contributed by atoms with Crippen LogP contribution in [0.2, 0.25) is 0 Å². The molecule has 84 valence electrons. The molecule has 2 rings (SSSR count). The van der Waals surface area contributed by atoms with Gasteiger partial charge >= 0.3 is 0 Å². The molecule has 3 nitrogen and oxygen atoms in total. The van der Waals surface area contributed by atoms with E-state index in [0.717, 1.165) is 13.0 Å². The molecular formula is C12H21N3. The van der Waals surface area contributed by atoms with Gasteiger partial charge in [0.1, 0.15) is 5.82 Å². The van der Waals surface area contributed by atoms with E-state index in [9.17, 15) is 0 Å². The first-order valence-corrected chi connectivity index (χ1v) is 5.77. The summed E-state index contributed by atoms with van der Waals surface area (Å²) < 4.78 is 2.10. The van der Waals surface area contributed by atoms with Gasteiger partial charge in [-0.05, 0) is 25.2 Å². The van der Waals surface area contributed by atoms with Crippen molar-refractivity contribution in [3.05, 3.63) is 11.8 Å². The molecule has 0 saturated heterocycles. The van der Waals surface area contributed by atoms with E-state index in [-0.39, 0.29) is 0 Å². The fourth-order valence-electron chi connectivity index (χ4n) is 2.03. The number of aromatic nitrogens is 2. The second-order valence-corrected chi connectivity index (χ2v) is 5.82. The van der Waals surface area contributed by atoms with Crippen molar-refractivity contribution < 1.29 is 0 Å². The van der Waals surface area contributed by atoms with Gasteiger partial charge in [-0.1, -0.05) is 20.8 Å². The summed E-state index contributed by atoms with van der Waals surface area (Å²) in [4.78, 5) is 0. The summed E-state index contributed by atoms with van der Waals surface area (Å²) in [6.07, 6.45) is 2.21. The smallest absolute Gasteiger partial charge is 0.124 e. The topological polar surface area (TPSA) is 29.9 Å². The predicted octanol–water partition coefficient (Wildman–Crippen LogP) is 2.68. The molecule has 15 heavy (non-hydrogen) atoms. The number of hydrogen-bond donors (Lipinski definition) is 1. The molecule has 0 aliphatic carbocycles. The van der Waals surface area contributed by atoms with Crippen molar-refractivity contribution in [1.82, 2.24) is 9.78 Å². The average molecular weight is 207 g/mol. The number of nitrogens with one attached hydrogen (secondary N) is 1. The van der Waals surface area contributed by atoms with Crippen molar-refractivity contribution in [3.8, 4) is 0 Å². The molecule has 0 bridgehead atoms. The van der Waals surface area contributed by atoms with Crippen LogP contribution in [-0.2, 0) is 13.0 Å². The van der Waals surface area contributed by atoms with Crippen molar-refractivity contribution in [1.29, 1.82) is 0 Å². The van der Waals surface area contributed by atoms with Gasteiger partial charge in [-0.25, -0.2) is 4.68 Å². The van der Waals surface area contributed by atoms with Gasteiger partial charge in [-0.2, -0.15) is 5.10 Å². The summed E-state index contributed by atoms with van der Waals surface area (Å²) in [5, 5.41) is 8.09. The number of aryl methyl sites for hydroxylation is 1. The predicted molar refractivity (Wildman–Crippen MR) is 63.1 cm³/mol. The van der Waals surface area contributed by atoms with Gasteiger partial charge in [0.05, 0.1) is 5.69 Å². The van der Waals surface area contributed by atoms with E-state index in [0.29, 0.717) is 11.5 Å². The Hall–Kier alpha value is -0.990. The van der Waals surface area contributed by atoms with E-state index >= 15 is 0 Å². The summed E-state index contributed by atoms with van der Waals surface area (Å²) >= 11 is 0. The van der Waals surface area contributed by atoms with E-state index in [2.05, 4.69) is 48.9 Å². The average Bonchev–Trinajstić information content (AvgIpc) is 2.42. The normalized spacial score (nSPS) is 20.9. The molecule has 0 amide bonds. The molecule has 1 aromatic rings. The van der Waals surface area contributed by atoms with Crippen LogP contribution in [-0.4, -0.2) is 15.8 Å². The van der Waals surface area contributed by atoms with Crippen LogP contribution in [0.3, 0.4) is 0 Å². The molecule has 0 aromatic carbocycles. The molecule has 1 unspecified atom stereocenters. The second-order valence-electron chi connectivity index (χ2n) is 5.82. The number of fused-ring (bicyclic) bond motifs is 1. The third-order valence-corrected chi connectivity index (χ3v) is 2.71. The quantitative estimate of drug-likeness (QED) is 0.767.